The van der Waals surface area contributed by atoms with E-state index < -0.39 is 41.4 Å². The molecule has 0 spiro atoms. The van der Waals surface area contributed by atoms with E-state index in [9.17, 15) is 18.4 Å². The van der Waals surface area contributed by atoms with Crippen LogP contribution in [0.3, 0.4) is 0 Å². The second-order valence-corrected chi connectivity index (χ2v) is 3.84. The first-order valence-corrected chi connectivity index (χ1v) is 5.51. The Morgan fingerprint density at radius 2 is 2.11 bits per heavy atom. The molecular weight excluding hydrogens is 256 g/mol. The Morgan fingerprint density at radius 3 is 2.68 bits per heavy atom. The predicted octanol–water partition coefficient (Wildman–Crippen LogP) is 1.77. The van der Waals surface area contributed by atoms with Crippen molar-refractivity contribution in [3.05, 3.63) is 48.1 Å². The Labute approximate surface area is 108 Å². The molecule has 0 aliphatic carbocycles. The monoisotopic (exact) mass is 269 g/mol. The standard InChI is InChI=1S/C13H13F2NO3/c1-2-5-16-11(7-12(17)18)13(19)9-6-8(14)3-4-10(9)15/h2-4,6,11,16H,1,5,7H2,(H,17,18). The lowest BCUT2D eigenvalue weighted by molar-refractivity contribution is -0.137. The third-order valence-electron chi connectivity index (χ3n) is 2.40. The highest BCUT2D eigenvalue weighted by Crippen LogP contribution is 2.13. The lowest BCUT2D eigenvalue weighted by atomic mass is 10.0. The molecule has 1 aromatic rings. The minimum atomic E-state index is -1.22. The fourth-order valence-electron chi connectivity index (χ4n) is 1.53. The topological polar surface area (TPSA) is 66.4 Å². The van der Waals surface area contributed by atoms with Crippen LogP contribution in [-0.4, -0.2) is 29.4 Å². The van der Waals surface area contributed by atoms with Gasteiger partial charge in [0.05, 0.1) is 18.0 Å². The number of carbonyl (C=O) groups excluding carboxylic acids is 1. The Balaban J connectivity index is 3.00. The number of ketones is 1. The molecule has 1 unspecified atom stereocenters. The van der Waals surface area contributed by atoms with Gasteiger partial charge in [-0.05, 0) is 18.2 Å². The minimum Gasteiger partial charge on any atom is -0.481 e. The van der Waals surface area contributed by atoms with Gasteiger partial charge < -0.3 is 10.4 Å². The van der Waals surface area contributed by atoms with Crippen LogP contribution in [0.25, 0.3) is 0 Å². The molecule has 6 heteroatoms. The molecule has 19 heavy (non-hydrogen) atoms. The van der Waals surface area contributed by atoms with Crippen molar-refractivity contribution in [2.24, 2.45) is 0 Å². The van der Waals surface area contributed by atoms with Gasteiger partial charge in [0.15, 0.2) is 5.78 Å². The second-order valence-electron chi connectivity index (χ2n) is 3.84. The first-order chi connectivity index (χ1) is 8.95. The van der Waals surface area contributed by atoms with Crippen molar-refractivity contribution in [2.45, 2.75) is 12.5 Å². The quantitative estimate of drug-likeness (QED) is 0.585. The van der Waals surface area contributed by atoms with Crippen molar-refractivity contribution in [1.82, 2.24) is 5.32 Å². The van der Waals surface area contributed by atoms with E-state index in [2.05, 4.69) is 11.9 Å². The summed E-state index contributed by atoms with van der Waals surface area (Å²) in [4.78, 5) is 22.7. The van der Waals surface area contributed by atoms with Crippen LogP contribution in [0.2, 0.25) is 0 Å². The Bertz CT molecular complexity index is 503. The minimum absolute atomic E-state index is 0.181. The molecule has 0 bridgehead atoms. The SMILES string of the molecule is C=CCNC(CC(=O)O)C(=O)c1cc(F)ccc1F. The number of hydrogen-bond donors (Lipinski definition) is 2. The zero-order valence-corrected chi connectivity index (χ0v) is 10.0. The fourth-order valence-corrected chi connectivity index (χ4v) is 1.53. The molecule has 0 heterocycles. The maximum atomic E-state index is 13.5. The van der Waals surface area contributed by atoms with Gasteiger partial charge >= 0.3 is 5.97 Å². The van der Waals surface area contributed by atoms with Crippen LogP contribution < -0.4 is 5.32 Å². The normalized spacial score (nSPS) is 11.9. The van der Waals surface area contributed by atoms with E-state index in [1.54, 1.807) is 0 Å². The van der Waals surface area contributed by atoms with Crippen LogP contribution in [0.4, 0.5) is 8.78 Å². The molecule has 0 aromatic heterocycles. The summed E-state index contributed by atoms with van der Waals surface area (Å²) in [7, 11) is 0. The molecular formula is C13H13F2NO3. The first kappa shape index (κ1) is 15.0. The summed E-state index contributed by atoms with van der Waals surface area (Å²) >= 11 is 0. The highest BCUT2D eigenvalue weighted by molar-refractivity contribution is 6.01. The van der Waals surface area contributed by atoms with Gasteiger partial charge in [0.25, 0.3) is 0 Å². The molecule has 4 nitrogen and oxygen atoms in total. The van der Waals surface area contributed by atoms with Gasteiger partial charge in [0.1, 0.15) is 11.6 Å². The van der Waals surface area contributed by atoms with E-state index in [-0.39, 0.29) is 6.54 Å². The smallest absolute Gasteiger partial charge is 0.305 e. The largest absolute Gasteiger partial charge is 0.481 e. The molecule has 1 aromatic carbocycles. The maximum absolute atomic E-state index is 13.5. The molecule has 2 N–H and O–H groups in total. The summed E-state index contributed by atoms with van der Waals surface area (Å²) in [6.45, 7) is 3.60. The van der Waals surface area contributed by atoms with E-state index in [0.717, 1.165) is 18.2 Å². The van der Waals surface area contributed by atoms with Gasteiger partial charge in [0.2, 0.25) is 0 Å². The lowest BCUT2D eigenvalue weighted by Gasteiger charge is -2.15. The molecule has 0 fully saturated rings. The molecule has 0 aliphatic rings. The van der Waals surface area contributed by atoms with Gasteiger partial charge in [-0.1, -0.05) is 6.08 Å². The van der Waals surface area contributed by atoms with Crippen molar-refractivity contribution in [3.63, 3.8) is 0 Å². The van der Waals surface area contributed by atoms with Gasteiger partial charge in [-0.15, -0.1) is 6.58 Å². The highest BCUT2D eigenvalue weighted by atomic mass is 19.1. The Hall–Kier alpha value is -2.08. The van der Waals surface area contributed by atoms with E-state index >= 15 is 0 Å². The number of carbonyl (C=O) groups is 2. The van der Waals surface area contributed by atoms with Crippen molar-refractivity contribution < 1.29 is 23.5 Å². The zero-order valence-electron chi connectivity index (χ0n) is 10.0. The maximum Gasteiger partial charge on any atom is 0.305 e. The summed E-state index contributed by atoms with van der Waals surface area (Å²) in [5.74, 6) is -3.67. The number of rotatable bonds is 7. The van der Waals surface area contributed by atoms with Crippen LogP contribution in [0.5, 0.6) is 0 Å². The number of Topliss-reactive ketones (excluding diaryl/α,β-unsaturated/α-hetero) is 1. The second kappa shape index (κ2) is 6.75. The van der Waals surface area contributed by atoms with Crippen molar-refractivity contribution in [1.29, 1.82) is 0 Å². The summed E-state index contributed by atoms with van der Waals surface area (Å²) in [5, 5.41) is 11.3. The third kappa shape index (κ3) is 4.26. The fraction of sp³-hybridized carbons (Fsp3) is 0.231. The number of carboxylic acids is 1. The molecule has 0 amide bonds. The number of benzene rings is 1. The lowest BCUT2D eigenvalue weighted by Crippen LogP contribution is -2.39. The Kier molecular flexibility index (Phi) is 5.32. The number of aliphatic carboxylic acids is 1. The van der Waals surface area contributed by atoms with Gasteiger partial charge in [-0.3, -0.25) is 9.59 Å². The van der Waals surface area contributed by atoms with Gasteiger partial charge in [0, 0.05) is 6.54 Å². The number of nitrogens with one attached hydrogen (secondary N) is 1. The first-order valence-electron chi connectivity index (χ1n) is 5.51. The average Bonchev–Trinajstić information content (AvgIpc) is 2.36. The summed E-state index contributed by atoms with van der Waals surface area (Å²) in [6.07, 6.45) is 0.909. The highest BCUT2D eigenvalue weighted by Gasteiger charge is 2.24. The molecule has 1 atom stereocenters. The molecule has 0 saturated heterocycles. The predicted molar refractivity (Wildman–Crippen MR) is 64.9 cm³/mol. The van der Waals surface area contributed by atoms with E-state index in [4.69, 9.17) is 5.11 Å². The zero-order chi connectivity index (χ0) is 14.4. The molecule has 0 radical (unpaired) electrons. The van der Waals surface area contributed by atoms with E-state index in [0.29, 0.717) is 0 Å². The summed E-state index contributed by atoms with van der Waals surface area (Å²) in [6, 6.07) is 1.33. The van der Waals surface area contributed by atoms with Crippen molar-refractivity contribution >= 4 is 11.8 Å². The molecule has 0 aliphatic heterocycles. The molecule has 0 saturated carbocycles. The Morgan fingerprint density at radius 1 is 1.42 bits per heavy atom. The average molecular weight is 269 g/mol. The number of hydrogen-bond acceptors (Lipinski definition) is 3. The van der Waals surface area contributed by atoms with E-state index in [1.165, 1.54) is 6.08 Å². The number of carboxylic acid groups (broad SMARTS) is 1. The van der Waals surface area contributed by atoms with Crippen LogP contribution in [-0.2, 0) is 4.79 Å². The van der Waals surface area contributed by atoms with Crippen LogP contribution >= 0.6 is 0 Å². The van der Waals surface area contributed by atoms with Crippen molar-refractivity contribution in [2.75, 3.05) is 6.54 Å². The van der Waals surface area contributed by atoms with E-state index in [1.807, 2.05) is 0 Å². The summed E-state index contributed by atoms with van der Waals surface area (Å²) < 4.78 is 26.5. The summed E-state index contributed by atoms with van der Waals surface area (Å²) in [5.41, 5.74) is -0.470. The number of halogens is 2. The van der Waals surface area contributed by atoms with Gasteiger partial charge in [-0.25, -0.2) is 8.78 Å². The molecule has 102 valence electrons. The van der Waals surface area contributed by atoms with Crippen LogP contribution in [0.1, 0.15) is 16.8 Å². The van der Waals surface area contributed by atoms with Crippen molar-refractivity contribution in [3.8, 4) is 0 Å². The molecule has 1 rings (SSSR count). The van der Waals surface area contributed by atoms with Crippen LogP contribution in [0, 0.1) is 11.6 Å². The third-order valence-corrected chi connectivity index (χ3v) is 2.40. The van der Waals surface area contributed by atoms with Crippen LogP contribution in [0.15, 0.2) is 30.9 Å². The van der Waals surface area contributed by atoms with Gasteiger partial charge in [-0.2, -0.15) is 0 Å².